The third kappa shape index (κ3) is 3.97. The number of carbonyl (C=O) groups is 1. The average Bonchev–Trinajstić information content (AvgIpc) is 2.57. The lowest BCUT2D eigenvalue weighted by atomic mass is 10.2. The van der Waals surface area contributed by atoms with E-state index >= 15 is 0 Å². The van der Waals surface area contributed by atoms with Gasteiger partial charge in [-0.3, -0.25) is 4.79 Å². The number of anilines is 3. The Balaban J connectivity index is 1.77. The topological polar surface area (TPSA) is 66.9 Å². The summed E-state index contributed by atoms with van der Waals surface area (Å²) in [7, 11) is 0. The van der Waals surface area contributed by atoms with E-state index in [2.05, 4.69) is 36.5 Å². The highest BCUT2D eigenvalue weighted by molar-refractivity contribution is 9.10. The second-order valence-corrected chi connectivity index (χ2v) is 6.07. The summed E-state index contributed by atoms with van der Waals surface area (Å²) in [6, 6.07) is 16.9. The number of hydrogen-bond acceptors (Lipinski definition) is 4. The minimum absolute atomic E-state index is 0.279. The Bertz CT molecular complexity index is 882. The van der Waals surface area contributed by atoms with Crippen LogP contribution in [0, 0.1) is 6.92 Å². The fourth-order valence-corrected chi connectivity index (χ4v) is 2.55. The maximum atomic E-state index is 12.4. The monoisotopic (exact) mass is 382 g/mol. The van der Waals surface area contributed by atoms with Gasteiger partial charge in [0.1, 0.15) is 17.8 Å². The van der Waals surface area contributed by atoms with Crippen molar-refractivity contribution in [3.05, 3.63) is 76.7 Å². The highest BCUT2D eigenvalue weighted by Crippen LogP contribution is 2.24. The number of nitrogens with zero attached hydrogens (tertiary/aromatic N) is 2. The largest absolute Gasteiger partial charge is 0.339 e. The van der Waals surface area contributed by atoms with Crippen molar-refractivity contribution >= 4 is 39.0 Å². The van der Waals surface area contributed by atoms with E-state index < -0.39 is 0 Å². The fraction of sp³-hybridized carbons (Fsp3) is 0.0556. The van der Waals surface area contributed by atoms with Crippen LogP contribution in [0.4, 0.5) is 17.2 Å². The van der Waals surface area contributed by atoms with Crippen molar-refractivity contribution in [1.82, 2.24) is 9.97 Å². The van der Waals surface area contributed by atoms with E-state index in [1.165, 1.54) is 6.33 Å². The zero-order chi connectivity index (χ0) is 16.9. The van der Waals surface area contributed by atoms with Gasteiger partial charge in [0.25, 0.3) is 5.91 Å². The Morgan fingerprint density at radius 2 is 1.88 bits per heavy atom. The molecule has 24 heavy (non-hydrogen) atoms. The molecule has 5 nitrogen and oxygen atoms in total. The molecule has 0 bridgehead atoms. The molecule has 1 aromatic heterocycles. The molecule has 6 heteroatoms. The summed E-state index contributed by atoms with van der Waals surface area (Å²) in [5.41, 5.74) is 2.97. The van der Waals surface area contributed by atoms with E-state index in [-0.39, 0.29) is 5.91 Å². The molecule has 0 aliphatic heterocycles. The standard InChI is InChI=1S/C18H15BrN4O/c1-12-5-4-6-13(9-12)22-18(24)16-10-17(21-11-20-16)23-15-8-3-2-7-14(15)19/h2-11H,1H3,(H,22,24)(H,20,21,23). The van der Waals surface area contributed by atoms with E-state index in [1.54, 1.807) is 6.07 Å². The van der Waals surface area contributed by atoms with E-state index in [0.29, 0.717) is 11.5 Å². The lowest BCUT2D eigenvalue weighted by Gasteiger charge is -2.09. The zero-order valence-electron chi connectivity index (χ0n) is 13.0. The number of amides is 1. The molecule has 0 unspecified atom stereocenters. The van der Waals surface area contributed by atoms with Crippen LogP contribution in [0.15, 0.2) is 65.4 Å². The van der Waals surface area contributed by atoms with Crippen LogP contribution in [0.2, 0.25) is 0 Å². The second kappa shape index (κ2) is 7.23. The fourth-order valence-electron chi connectivity index (χ4n) is 2.17. The Morgan fingerprint density at radius 3 is 2.67 bits per heavy atom. The van der Waals surface area contributed by atoms with Crippen LogP contribution in [0.3, 0.4) is 0 Å². The summed E-state index contributed by atoms with van der Waals surface area (Å²) in [4.78, 5) is 20.6. The molecule has 2 aromatic carbocycles. The summed E-state index contributed by atoms with van der Waals surface area (Å²) in [5, 5.41) is 6.00. The molecule has 1 amide bonds. The van der Waals surface area contributed by atoms with Crippen molar-refractivity contribution in [2.45, 2.75) is 6.92 Å². The first-order chi connectivity index (χ1) is 11.6. The van der Waals surface area contributed by atoms with Crippen LogP contribution >= 0.6 is 15.9 Å². The van der Waals surface area contributed by atoms with Crippen LogP contribution in [0.1, 0.15) is 16.1 Å². The number of benzene rings is 2. The second-order valence-electron chi connectivity index (χ2n) is 5.22. The van der Waals surface area contributed by atoms with Gasteiger partial charge in [-0.1, -0.05) is 24.3 Å². The first-order valence-corrected chi connectivity index (χ1v) is 8.13. The molecular formula is C18H15BrN4O. The highest BCUT2D eigenvalue weighted by Gasteiger charge is 2.10. The van der Waals surface area contributed by atoms with Gasteiger partial charge in [-0.2, -0.15) is 0 Å². The zero-order valence-corrected chi connectivity index (χ0v) is 14.5. The van der Waals surface area contributed by atoms with Gasteiger partial charge in [0, 0.05) is 16.2 Å². The van der Waals surface area contributed by atoms with Crippen molar-refractivity contribution in [3.8, 4) is 0 Å². The van der Waals surface area contributed by atoms with E-state index in [4.69, 9.17) is 0 Å². The maximum Gasteiger partial charge on any atom is 0.274 e. The quantitative estimate of drug-likeness (QED) is 0.694. The normalized spacial score (nSPS) is 10.2. The molecule has 0 saturated heterocycles. The number of nitrogens with one attached hydrogen (secondary N) is 2. The molecule has 0 saturated carbocycles. The van der Waals surface area contributed by atoms with Gasteiger partial charge in [-0.15, -0.1) is 0 Å². The van der Waals surface area contributed by atoms with Crippen molar-refractivity contribution in [3.63, 3.8) is 0 Å². The Labute approximate surface area is 148 Å². The summed E-state index contributed by atoms with van der Waals surface area (Å²) < 4.78 is 0.911. The maximum absolute atomic E-state index is 12.4. The molecule has 3 rings (SSSR count). The van der Waals surface area contributed by atoms with Crippen molar-refractivity contribution < 1.29 is 4.79 Å². The molecule has 2 N–H and O–H groups in total. The number of hydrogen-bond donors (Lipinski definition) is 2. The lowest BCUT2D eigenvalue weighted by Crippen LogP contribution is -2.14. The molecule has 0 fully saturated rings. The van der Waals surface area contributed by atoms with Gasteiger partial charge < -0.3 is 10.6 Å². The third-order valence-electron chi connectivity index (χ3n) is 3.31. The number of para-hydroxylation sites is 1. The highest BCUT2D eigenvalue weighted by atomic mass is 79.9. The summed E-state index contributed by atoms with van der Waals surface area (Å²) >= 11 is 3.47. The van der Waals surface area contributed by atoms with E-state index in [0.717, 1.165) is 21.4 Å². The van der Waals surface area contributed by atoms with Gasteiger partial charge in [-0.05, 0) is 52.7 Å². The van der Waals surface area contributed by atoms with Crippen molar-refractivity contribution in [1.29, 1.82) is 0 Å². The Hall–Kier alpha value is -2.73. The third-order valence-corrected chi connectivity index (χ3v) is 4.00. The van der Waals surface area contributed by atoms with Crippen molar-refractivity contribution in [2.24, 2.45) is 0 Å². The van der Waals surface area contributed by atoms with Gasteiger partial charge in [0.2, 0.25) is 0 Å². The summed E-state index contributed by atoms with van der Waals surface area (Å²) in [6.45, 7) is 1.97. The van der Waals surface area contributed by atoms with Crippen LogP contribution in [-0.4, -0.2) is 15.9 Å². The molecule has 0 radical (unpaired) electrons. The van der Waals surface area contributed by atoms with Crippen LogP contribution in [0.5, 0.6) is 0 Å². The molecular weight excluding hydrogens is 368 g/mol. The summed E-state index contributed by atoms with van der Waals surface area (Å²) in [6.07, 6.45) is 1.37. The lowest BCUT2D eigenvalue weighted by molar-refractivity contribution is 0.102. The molecule has 3 aromatic rings. The predicted molar refractivity (Wildman–Crippen MR) is 98.6 cm³/mol. The molecule has 1 heterocycles. The number of carbonyl (C=O) groups excluding carboxylic acids is 1. The van der Waals surface area contributed by atoms with Gasteiger partial charge in [0.15, 0.2) is 0 Å². The minimum atomic E-state index is -0.279. The number of rotatable bonds is 4. The number of halogens is 1. The smallest absolute Gasteiger partial charge is 0.274 e. The van der Waals surface area contributed by atoms with E-state index in [9.17, 15) is 4.79 Å². The molecule has 120 valence electrons. The minimum Gasteiger partial charge on any atom is -0.339 e. The SMILES string of the molecule is Cc1cccc(NC(=O)c2cc(Nc3ccccc3Br)ncn2)c1. The Morgan fingerprint density at radius 1 is 1.04 bits per heavy atom. The van der Waals surface area contributed by atoms with Gasteiger partial charge >= 0.3 is 0 Å². The van der Waals surface area contributed by atoms with Crippen LogP contribution < -0.4 is 10.6 Å². The molecule has 0 aliphatic rings. The van der Waals surface area contributed by atoms with Crippen LogP contribution in [0.25, 0.3) is 0 Å². The van der Waals surface area contributed by atoms with E-state index in [1.807, 2.05) is 55.5 Å². The van der Waals surface area contributed by atoms with Gasteiger partial charge in [0.05, 0.1) is 5.69 Å². The first-order valence-electron chi connectivity index (χ1n) is 7.33. The summed E-state index contributed by atoms with van der Waals surface area (Å²) in [5.74, 6) is 0.268. The molecule has 0 spiro atoms. The van der Waals surface area contributed by atoms with Gasteiger partial charge in [-0.25, -0.2) is 9.97 Å². The van der Waals surface area contributed by atoms with Crippen molar-refractivity contribution in [2.75, 3.05) is 10.6 Å². The first kappa shape index (κ1) is 16.1. The average molecular weight is 383 g/mol. The molecule has 0 atom stereocenters. The number of aryl methyl sites for hydroxylation is 1. The Kier molecular flexibility index (Phi) is 4.86. The van der Waals surface area contributed by atoms with Crippen LogP contribution in [-0.2, 0) is 0 Å². The number of aromatic nitrogens is 2. The predicted octanol–water partition coefficient (Wildman–Crippen LogP) is 4.54. The molecule has 0 aliphatic carbocycles.